The summed E-state index contributed by atoms with van der Waals surface area (Å²) >= 11 is 0. The van der Waals surface area contributed by atoms with Gasteiger partial charge in [0.05, 0.1) is 24.5 Å². The van der Waals surface area contributed by atoms with Crippen molar-refractivity contribution in [1.29, 1.82) is 5.26 Å². The average molecular weight is 222 g/mol. The number of rotatable bonds is 2. The fourth-order valence-corrected chi connectivity index (χ4v) is 1.57. The zero-order valence-corrected chi connectivity index (χ0v) is 9.09. The molecule has 4 nitrogen and oxygen atoms in total. The summed E-state index contributed by atoms with van der Waals surface area (Å²) in [6.45, 7) is 0.386. The van der Waals surface area contributed by atoms with E-state index >= 15 is 0 Å². The third kappa shape index (κ3) is 1.97. The molecule has 4 heteroatoms. The molecule has 0 spiro atoms. The van der Waals surface area contributed by atoms with Crippen LogP contribution in [0.25, 0.3) is 11.3 Å². The monoisotopic (exact) mass is 222 g/mol. The van der Waals surface area contributed by atoms with Crippen LogP contribution in [-0.4, -0.2) is 9.55 Å². The standard InChI is InChI=1S/C13H10N4/c1-2-6-17-9-16-12(13(17)15)11-5-3-4-10(7-11)8-14/h1,3-5,7,9H,6,15H2. The van der Waals surface area contributed by atoms with Crippen LogP contribution in [0.2, 0.25) is 0 Å². The maximum absolute atomic E-state index is 8.83. The second-order valence-electron chi connectivity index (χ2n) is 3.50. The van der Waals surface area contributed by atoms with Gasteiger partial charge >= 0.3 is 0 Å². The Bertz CT molecular complexity index is 626. The first-order valence-electron chi connectivity index (χ1n) is 5.01. The Hall–Kier alpha value is -2.72. The largest absolute Gasteiger partial charge is 0.383 e. The van der Waals surface area contributed by atoms with E-state index in [1.807, 2.05) is 6.07 Å². The second kappa shape index (κ2) is 4.42. The fraction of sp³-hybridized carbons (Fsp3) is 0.0769. The van der Waals surface area contributed by atoms with Crippen LogP contribution in [0.1, 0.15) is 5.56 Å². The predicted molar refractivity (Wildman–Crippen MR) is 65.6 cm³/mol. The van der Waals surface area contributed by atoms with Gasteiger partial charge in [0.2, 0.25) is 0 Å². The summed E-state index contributed by atoms with van der Waals surface area (Å²) < 4.78 is 1.69. The van der Waals surface area contributed by atoms with E-state index in [0.717, 1.165) is 5.56 Å². The van der Waals surface area contributed by atoms with E-state index < -0.39 is 0 Å². The minimum Gasteiger partial charge on any atom is -0.383 e. The molecule has 1 aromatic carbocycles. The summed E-state index contributed by atoms with van der Waals surface area (Å²) in [5.74, 6) is 3.01. The Morgan fingerprint density at radius 2 is 2.29 bits per heavy atom. The SMILES string of the molecule is C#CCn1cnc(-c2cccc(C#N)c2)c1N. The summed E-state index contributed by atoms with van der Waals surface area (Å²) in [6.07, 6.45) is 6.83. The Balaban J connectivity index is 2.47. The summed E-state index contributed by atoms with van der Waals surface area (Å²) in [4.78, 5) is 4.21. The minimum absolute atomic E-state index is 0.386. The molecule has 0 saturated carbocycles. The van der Waals surface area contributed by atoms with Crippen molar-refractivity contribution in [1.82, 2.24) is 9.55 Å². The number of terminal acetylenes is 1. The second-order valence-corrected chi connectivity index (χ2v) is 3.50. The van der Waals surface area contributed by atoms with Crippen LogP contribution in [-0.2, 0) is 6.54 Å². The maximum Gasteiger partial charge on any atom is 0.132 e. The lowest BCUT2D eigenvalue weighted by molar-refractivity contribution is 0.852. The molecule has 2 N–H and O–H groups in total. The van der Waals surface area contributed by atoms with Crippen LogP contribution in [0.4, 0.5) is 5.82 Å². The molecule has 0 bridgehead atoms. The number of anilines is 1. The molecule has 17 heavy (non-hydrogen) atoms. The molecule has 0 fully saturated rings. The summed E-state index contributed by atoms with van der Waals surface area (Å²) in [7, 11) is 0. The number of benzene rings is 1. The van der Waals surface area contributed by atoms with E-state index in [9.17, 15) is 0 Å². The van der Waals surface area contributed by atoms with Crippen molar-refractivity contribution in [2.24, 2.45) is 0 Å². The Kier molecular flexibility index (Phi) is 2.81. The number of imidazole rings is 1. The van der Waals surface area contributed by atoms with Crippen molar-refractivity contribution >= 4 is 5.82 Å². The van der Waals surface area contributed by atoms with Gasteiger partial charge in [-0.25, -0.2) is 4.98 Å². The smallest absolute Gasteiger partial charge is 0.132 e. The van der Waals surface area contributed by atoms with Gasteiger partial charge in [0.25, 0.3) is 0 Å². The number of nitrogens with zero attached hydrogens (tertiary/aromatic N) is 3. The van der Waals surface area contributed by atoms with Gasteiger partial charge in [-0.05, 0) is 12.1 Å². The highest BCUT2D eigenvalue weighted by Gasteiger charge is 2.09. The summed E-state index contributed by atoms with van der Waals surface area (Å²) in [5, 5.41) is 8.83. The molecule has 0 unspecified atom stereocenters. The van der Waals surface area contributed by atoms with E-state index in [4.69, 9.17) is 17.4 Å². The number of hydrogen-bond acceptors (Lipinski definition) is 3. The molecule has 0 amide bonds. The van der Waals surface area contributed by atoms with E-state index in [1.54, 1.807) is 29.1 Å². The molecular weight excluding hydrogens is 212 g/mol. The normalized spacial score (nSPS) is 9.53. The molecule has 0 saturated heterocycles. The number of aromatic nitrogens is 2. The average Bonchev–Trinajstić information content (AvgIpc) is 2.72. The van der Waals surface area contributed by atoms with Crippen LogP contribution in [0.15, 0.2) is 30.6 Å². The molecule has 0 aliphatic carbocycles. The number of hydrogen-bond donors (Lipinski definition) is 1. The molecule has 2 rings (SSSR count). The maximum atomic E-state index is 8.83. The third-order valence-corrected chi connectivity index (χ3v) is 2.41. The molecule has 2 aromatic rings. The minimum atomic E-state index is 0.386. The van der Waals surface area contributed by atoms with Gasteiger partial charge in [0.15, 0.2) is 0 Å². The molecule has 0 aliphatic rings. The van der Waals surface area contributed by atoms with Crippen LogP contribution in [0, 0.1) is 23.7 Å². The van der Waals surface area contributed by atoms with Crippen LogP contribution in [0.3, 0.4) is 0 Å². The highest BCUT2D eigenvalue weighted by Crippen LogP contribution is 2.24. The number of nitrogens with two attached hydrogens (primary N) is 1. The number of nitriles is 1. The molecule has 1 heterocycles. The highest BCUT2D eigenvalue weighted by atomic mass is 15.1. The van der Waals surface area contributed by atoms with Gasteiger partial charge in [-0.15, -0.1) is 6.42 Å². The zero-order chi connectivity index (χ0) is 12.3. The van der Waals surface area contributed by atoms with E-state index in [-0.39, 0.29) is 0 Å². The van der Waals surface area contributed by atoms with Gasteiger partial charge < -0.3 is 10.3 Å². The van der Waals surface area contributed by atoms with Crippen molar-refractivity contribution in [3.63, 3.8) is 0 Å². The molecular formula is C13H10N4. The van der Waals surface area contributed by atoms with E-state index in [0.29, 0.717) is 23.6 Å². The van der Waals surface area contributed by atoms with Crippen LogP contribution >= 0.6 is 0 Å². The van der Waals surface area contributed by atoms with E-state index in [1.165, 1.54) is 0 Å². The first-order valence-corrected chi connectivity index (χ1v) is 5.01. The molecule has 0 radical (unpaired) electrons. The van der Waals surface area contributed by atoms with Crippen LogP contribution < -0.4 is 5.73 Å². The van der Waals surface area contributed by atoms with Crippen molar-refractivity contribution in [2.75, 3.05) is 5.73 Å². The lowest BCUT2D eigenvalue weighted by Crippen LogP contribution is -2.00. The summed E-state index contributed by atoms with van der Waals surface area (Å²) in [6, 6.07) is 9.22. The zero-order valence-electron chi connectivity index (χ0n) is 9.09. The van der Waals surface area contributed by atoms with Crippen molar-refractivity contribution < 1.29 is 0 Å². The quantitative estimate of drug-likeness (QED) is 0.785. The molecule has 82 valence electrons. The van der Waals surface area contributed by atoms with E-state index in [2.05, 4.69) is 17.0 Å². The van der Waals surface area contributed by atoms with Gasteiger partial charge in [0, 0.05) is 5.56 Å². The third-order valence-electron chi connectivity index (χ3n) is 2.41. The van der Waals surface area contributed by atoms with Gasteiger partial charge in [-0.3, -0.25) is 0 Å². The van der Waals surface area contributed by atoms with Crippen molar-refractivity contribution in [3.05, 3.63) is 36.2 Å². The molecule has 0 aliphatic heterocycles. The highest BCUT2D eigenvalue weighted by molar-refractivity contribution is 5.71. The lowest BCUT2D eigenvalue weighted by Gasteiger charge is -2.02. The van der Waals surface area contributed by atoms with Crippen LogP contribution in [0.5, 0.6) is 0 Å². The van der Waals surface area contributed by atoms with Gasteiger partial charge in [-0.2, -0.15) is 5.26 Å². The van der Waals surface area contributed by atoms with Gasteiger partial charge in [-0.1, -0.05) is 18.1 Å². The molecule has 1 aromatic heterocycles. The Morgan fingerprint density at radius 3 is 3.00 bits per heavy atom. The van der Waals surface area contributed by atoms with Crippen molar-refractivity contribution in [2.45, 2.75) is 6.54 Å². The lowest BCUT2D eigenvalue weighted by atomic mass is 10.1. The summed E-state index contributed by atoms with van der Waals surface area (Å²) in [5.41, 5.74) is 7.98. The number of nitrogen functional groups attached to an aromatic ring is 1. The fourth-order valence-electron chi connectivity index (χ4n) is 1.57. The predicted octanol–water partition coefficient (Wildman–Crippen LogP) is 1.64. The molecule has 0 atom stereocenters. The van der Waals surface area contributed by atoms with Crippen molar-refractivity contribution in [3.8, 4) is 29.7 Å². The first-order chi connectivity index (χ1) is 8.26. The van der Waals surface area contributed by atoms with Gasteiger partial charge in [0.1, 0.15) is 11.5 Å². The Morgan fingerprint density at radius 1 is 1.47 bits per heavy atom. The first kappa shape index (κ1) is 10.8. The Labute approximate surface area is 99.3 Å². The topological polar surface area (TPSA) is 67.6 Å².